The number of allylic oxidation sites excluding steroid dienone is 9. The van der Waals surface area contributed by atoms with Crippen LogP contribution in [0.25, 0.3) is 17.3 Å². The SMILES string of the molecule is C=C/C=C(\C=C)C1=CC(=C2CC3C(=O)C(C(C)=C4C=C(c5ccccc5)OC(c5ccccc5)=C4)C(OOC)C23)C=C(c2ccccc2)O1. The number of ether oxygens (including phenoxy) is 2. The van der Waals surface area contributed by atoms with Gasteiger partial charge < -0.3 is 9.47 Å². The van der Waals surface area contributed by atoms with Crippen LogP contribution in [0.3, 0.4) is 0 Å². The number of carbonyl (C=O) groups excluding carboxylic acids is 1. The first-order chi connectivity index (χ1) is 24.0. The summed E-state index contributed by atoms with van der Waals surface area (Å²) >= 11 is 0. The van der Waals surface area contributed by atoms with Crippen LogP contribution in [0.5, 0.6) is 0 Å². The van der Waals surface area contributed by atoms with Crippen molar-refractivity contribution in [2.75, 3.05) is 7.11 Å². The Hall–Kier alpha value is -5.49. The van der Waals surface area contributed by atoms with E-state index in [9.17, 15) is 4.79 Å². The summed E-state index contributed by atoms with van der Waals surface area (Å²) in [5.74, 6) is 2.16. The number of hydrogen-bond acceptors (Lipinski definition) is 5. The molecule has 4 aliphatic rings. The predicted molar refractivity (Wildman–Crippen MR) is 194 cm³/mol. The zero-order valence-corrected chi connectivity index (χ0v) is 27.7. The number of hydrogen-bond donors (Lipinski definition) is 0. The Bertz CT molecular complexity index is 1950. The maximum absolute atomic E-state index is 14.3. The van der Waals surface area contributed by atoms with E-state index < -0.39 is 12.0 Å². The Morgan fingerprint density at radius 1 is 0.776 bits per heavy atom. The van der Waals surface area contributed by atoms with Crippen LogP contribution in [0.2, 0.25) is 0 Å². The van der Waals surface area contributed by atoms with E-state index in [1.807, 2.05) is 122 Å². The zero-order chi connectivity index (χ0) is 33.9. The summed E-state index contributed by atoms with van der Waals surface area (Å²) in [7, 11) is 1.51. The van der Waals surface area contributed by atoms with Gasteiger partial charge in [0.2, 0.25) is 0 Å². The van der Waals surface area contributed by atoms with Crippen LogP contribution in [0.15, 0.2) is 180 Å². The maximum Gasteiger partial charge on any atom is 0.146 e. The van der Waals surface area contributed by atoms with E-state index in [1.54, 1.807) is 12.2 Å². The molecular weight excluding hydrogens is 608 g/mol. The third-order valence-corrected chi connectivity index (χ3v) is 9.69. The molecule has 2 fully saturated rings. The van der Waals surface area contributed by atoms with Crippen LogP contribution < -0.4 is 0 Å². The van der Waals surface area contributed by atoms with Crippen LogP contribution in [-0.2, 0) is 24.0 Å². The fourth-order valence-electron chi connectivity index (χ4n) is 7.23. The van der Waals surface area contributed by atoms with Crippen LogP contribution in [0.1, 0.15) is 30.0 Å². The molecule has 3 aromatic carbocycles. The van der Waals surface area contributed by atoms with Crippen LogP contribution >= 0.6 is 0 Å². The van der Waals surface area contributed by atoms with Crippen LogP contribution in [0.4, 0.5) is 0 Å². The summed E-state index contributed by atoms with van der Waals surface area (Å²) < 4.78 is 12.9. The molecule has 5 heteroatoms. The molecule has 2 saturated carbocycles. The topological polar surface area (TPSA) is 54.0 Å². The van der Waals surface area contributed by atoms with Crippen molar-refractivity contribution < 1.29 is 24.0 Å². The van der Waals surface area contributed by atoms with Gasteiger partial charge in [-0.2, -0.15) is 0 Å². The number of Topliss-reactive ketones (excluding diaryl/α,β-unsaturated/α-hetero) is 1. The number of fused-ring (bicyclic) bond motifs is 1. The smallest absolute Gasteiger partial charge is 0.146 e. The molecule has 0 bridgehead atoms. The molecule has 0 saturated heterocycles. The quantitative estimate of drug-likeness (QED) is 0.132. The lowest BCUT2D eigenvalue weighted by Gasteiger charge is -2.38. The molecule has 0 N–H and O–H groups in total. The number of rotatable bonds is 9. The lowest BCUT2D eigenvalue weighted by Crippen LogP contribution is -2.36. The van der Waals surface area contributed by atoms with Crippen molar-refractivity contribution >= 4 is 23.1 Å². The Balaban J connectivity index is 1.32. The van der Waals surface area contributed by atoms with Gasteiger partial charge in [0.15, 0.2) is 0 Å². The van der Waals surface area contributed by atoms with E-state index in [1.165, 1.54) is 7.11 Å². The van der Waals surface area contributed by atoms with E-state index in [2.05, 4.69) is 19.2 Å². The summed E-state index contributed by atoms with van der Waals surface area (Å²) in [5, 5.41) is 0. The van der Waals surface area contributed by atoms with Gasteiger partial charge in [0.25, 0.3) is 0 Å². The monoisotopic (exact) mass is 646 g/mol. The van der Waals surface area contributed by atoms with Crippen molar-refractivity contribution in [3.05, 3.63) is 197 Å². The molecule has 4 unspecified atom stereocenters. The molecule has 0 radical (unpaired) electrons. The van der Waals surface area contributed by atoms with E-state index in [-0.39, 0.29) is 17.6 Å². The normalized spacial score (nSPS) is 24.7. The van der Waals surface area contributed by atoms with Crippen LogP contribution in [0, 0.1) is 17.8 Å². The highest BCUT2D eigenvalue weighted by atomic mass is 17.2. The van der Waals surface area contributed by atoms with Gasteiger partial charge in [-0.05, 0) is 48.8 Å². The molecule has 0 spiro atoms. The highest BCUT2D eigenvalue weighted by Gasteiger charge is 2.59. The Morgan fingerprint density at radius 3 is 1.84 bits per heavy atom. The minimum absolute atomic E-state index is 0.155. The van der Waals surface area contributed by atoms with E-state index in [0.29, 0.717) is 12.2 Å². The number of benzene rings is 3. The second kappa shape index (κ2) is 13.9. The lowest BCUT2D eigenvalue weighted by molar-refractivity contribution is -0.317. The number of carbonyl (C=O) groups is 1. The lowest BCUT2D eigenvalue weighted by atomic mass is 9.68. The van der Waals surface area contributed by atoms with Gasteiger partial charge in [-0.25, -0.2) is 9.78 Å². The summed E-state index contributed by atoms with van der Waals surface area (Å²) in [6.07, 6.45) is 13.6. The molecule has 2 aliphatic heterocycles. The molecule has 244 valence electrons. The summed E-state index contributed by atoms with van der Waals surface area (Å²) in [6, 6.07) is 30.0. The first kappa shape index (κ1) is 32.1. The van der Waals surface area contributed by atoms with Gasteiger partial charge in [-0.3, -0.25) is 4.79 Å². The Morgan fingerprint density at radius 2 is 1.33 bits per heavy atom. The molecule has 3 aromatic rings. The number of ketones is 1. The fraction of sp³-hybridized carbons (Fsp3) is 0.159. The molecule has 49 heavy (non-hydrogen) atoms. The molecular formula is C44H38O5. The standard InChI is InChI=1S/C44H38O5/c1-5-16-29(6-2)37-25-34(26-40(47-37)32-21-14-9-15-22-32)35-27-36-42(35)44(49-46-4)41(43(36)45)28(3)33-23-38(30-17-10-7-11-18-30)48-39(24-33)31-19-12-8-13-20-31/h5-26,36,41-42,44H,1-2,27H2,3-4H3/b29-16+,35-34?. The second-order valence-electron chi connectivity index (χ2n) is 12.5. The largest absolute Gasteiger partial charge is 0.456 e. The Kier molecular flexibility index (Phi) is 9.12. The average molecular weight is 647 g/mol. The molecule has 2 aliphatic carbocycles. The molecule has 0 amide bonds. The molecule has 5 nitrogen and oxygen atoms in total. The first-order valence-corrected chi connectivity index (χ1v) is 16.5. The molecule has 7 rings (SSSR count). The minimum Gasteiger partial charge on any atom is -0.456 e. The highest BCUT2D eigenvalue weighted by molar-refractivity contribution is 5.93. The molecule has 2 heterocycles. The Labute approximate surface area is 287 Å². The van der Waals surface area contributed by atoms with Crippen molar-refractivity contribution in [1.82, 2.24) is 0 Å². The second-order valence-corrected chi connectivity index (χ2v) is 12.5. The summed E-state index contributed by atoms with van der Waals surface area (Å²) in [5.41, 5.74) is 7.67. The van der Waals surface area contributed by atoms with Crippen molar-refractivity contribution in [2.24, 2.45) is 17.8 Å². The van der Waals surface area contributed by atoms with Crippen LogP contribution in [-0.4, -0.2) is 19.0 Å². The van der Waals surface area contributed by atoms with Crippen molar-refractivity contribution in [2.45, 2.75) is 19.4 Å². The molecule has 0 aromatic heterocycles. The van der Waals surface area contributed by atoms with E-state index in [4.69, 9.17) is 19.2 Å². The van der Waals surface area contributed by atoms with Gasteiger partial charge in [-0.1, -0.05) is 134 Å². The molecule has 4 atom stereocenters. The maximum atomic E-state index is 14.3. The highest BCUT2D eigenvalue weighted by Crippen LogP contribution is 2.56. The predicted octanol–water partition coefficient (Wildman–Crippen LogP) is 9.75. The summed E-state index contributed by atoms with van der Waals surface area (Å²) in [6.45, 7) is 9.90. The minimum atomic E-state index is -0.507. The third-order valence-electron chi connectivity index (χ3n) is 9.69. The van der Waals surface area contributed by atoms with Crippen molar-refractivity contribution in [3.8, 4) is 0 Å². The van der Waals surface area contributed by atoms with E-state index in [0.717, 1.165) is 61.8 Å². The van der Waals surface area contributed by atoms with Crippen molar-refractivity contribution in [1.29, 1.82) is 0 Å². The first-order valence-electron chi connectivity index (χ1n) is 16.5. The van der Waals surface area contributed by atoms with Gasteiger partial charge in [0.05, 0.1) is 13.0 Å². The zero-order valence-electron chi connectivity index (χ0n) is 27.7. The van der Waals surface area contributed by atoms with Gasteiger partial charge in [0.1, 0.15) is 34.9 Å². The van der Waals surface area contributed by atoms with Gasteiger partial charge >= 0.3 is 0 Å². The van der Waals surface area contributed by atoms with Gasteiger partial charge in [-0.15, -0.1) is 0 Å². The summed E-state index contributed by atoms with van der Waals surface area (Å²) in [4.78, 5) is 25.7. The van der Waals surface area contributed by atoms with Gasteiger partial charge in [0, 0.05) is 34.1 Å². The third kappa shape index (κ3) is 6.15. The van der Waals surface area contributed by atoms with Crippen molar-refractivity contribution in [3.63, 3.8) is 0 Å². The fourth-order valence-corrected chi connectivity index (χ4v) is 7.23. The van der Waals surface area contributed by atoms with E-state index >= 15 is 0 Å². The average Bonchev–Trinajstić information content (AvgIpc) is 3.34.